The molecule has 95 heavy (non-hydrogen) atoms. The Hall–Kier alpha value is -1.01. The number of unbranched alkanes of at least 4 members (excludes halogenated alkanes) is 3. The highest BCUT2D eigenvalue weighted by Crippen LogP contribution is 2.50. The van der Waals surface area contributed by atoms with Gasteiger partial charge in [0.15, 0.2) is 31.5 Å². The van der Waals surface area contributed by atoms with E-state index in [0.717, 1.165) is 13.3 Å². The molecule has 0 aromatic carbocycles. The minimum Gasteiger partial charge on any atom is -0.394 e. The van der Waals surface area contributed by atoms with E-state index >= 15 is 0 Å². The number of phosphoric acid groups is 3. The Kier molecular flexibility index (Phi) is 35.3. The molecule has 5 rings (SSSR count). The Morgan fingerprint density at radius 3 is 1.55 bits per heavy atom. The lowest BCUT2D eigenvalue weighted by molar-refractivity contribution is -0.380. The van der Waals surface area contributed by atoms with Crippen LogP contribution in [0.1, 0.15) is 32.6 Å². The Labute approximate surface area is 547 Å². The highest BCUT2D eigenvalue weighted by molar-refractivity contribution is 7.80. The molecule has 5 fully saturated rings. The molecule has 0 spiro atoms. The molecular weight excluding hydrogens is 1380 g/mol. The van der Waals surface area contributed by atoms with Crippen molar-refractivity contribution in [3.63, 3.8) is 0 Å². The van der Waals surface area contributed by atoms with Crippen molar-refractivity contribution in [3.8, 4) is 0 Å². The lowest BCUT2D eigenvalue weighted by Crippen LogP contribution is -2.68. The molecule has 0 aromatic heterocycles. The van der Waals surface area contributed by atoms with Crippen molar-refractivity contribution in [1.29, 1.82) is 0 Å². The van der Waals surface area contributed by atoms with Crippen LogP contribution < -0.4 is 22.5 Å². The molecule has 15 unspecified atom stereocenters. The zero-order chi connectivity index (χ0) is 70.9. The summed E-state index contributed by atoms with van der Waals surface area (Å²) in [5.74, 6) is -0.319. The molecule has 1 amide bonds. The van der Waals surface area contributed by atoms with Gasteiger partial charge in [-0.2, -0.15) is 12.6 Å². The molecule has 4 saturated heterocycles. The molecule has 32 atom stereocenters. The number of hydrogen-bond acceptors (Lipinski definition) is 40. The molecule has 47 heteroatoms. The first-order chi connectivity index (χ1) is 44.8. The van der Waals surface area contributed by atoms with Gasteiger partial charge in [-0.25, -0.2) is 13.7 Å². The van der Waals surface area contributed by atoms with Gasteiger partial charge < -0.3 is 166 Å². The van der Waals surface area contributed by atoms with E-state index < -0.39 is 273 Å². The number of nitrogens with two attached hydrogens (primary N) is 3. The molecule has 5 aliphatic rings. The second-order valence-electron chi connectivity index (χ2n) is 22.2. The molecule has 560 valence electrons. The van der Waals surface area contributed by atoms with Gasteiger partial charge in [0.25, 0.3) is 0 Å². The maximum absolute atomic E-state index is 13.7. The first kappa shape index (κ1) is 84.6. The standard InChI is InChI=1S/C48H93N4O39P3S/c1-19(57)52-27-31(61)28(58)22(15-55)83-45(27)88-40-25(17-76-47-43(35(65)29(59)23(16-56)84-47)89-46-38(68)32(62)30(60)24(85-46)18-80-92(70,71)78-9-6-49)86-48(44(39(40)69)91-94(74,75)79-10-7-50)82-21(14-54)20(13-53)81-26(12-51)87-41-36(66)33(63)34(64)37(67)42(41)90-93(72,73)77-8-4-2-3-5-11-95/h20-48,53-56,58-69,95H,2-18,49-51H2,1H3,(H,52,57)(H,70,71)(H,72,73)(H,74,75)/t20?,21-,22?,23?,24?,25?,26+,27-,28-,29+,30+,31?,32-,33?,34+,35-,36?,37-,38?,39-,40+,41+,42?,43?,44?,45-,46+,47-,48-/m0/s1. The van der Waals surface area contributed by atoms with Crippen molar-refractivity contribution in [1.82, 2.24) is 5.32 Å². The van der Waals surface area contributed by atoms with E-state index in [-0.39, 0.29) is 19.6 Å². The lowest BCUT2D eigenvalue weighted by atomic mass is 9.85. The smallest absolute Gasteiger partial charge is 0.394 e. The predicted molar refractivity (Wildman–Crippen MR) is 309 cm³/mol. The summed E-state index contributed by atoms with van der Waals surface area (Å²) in [6, 6.07) is -1.84. The van der Waals surface area contributed by atoms with Crippen molar-refractivity contribution in [2.45, 2.75) is 210 Å². The monoisotopic (exact) mass is 1470 g/mol. The van der Waals surface area contributed by atoms with Gasteiger partial charge in [0.2, 0.25) is 5.91 Å². The Morgan fingerprint density at radius 1 is 0.484 bits per heavy atom. The van der Waals surface area contributed by atoms with E-state index in [4.69, 9.17) is 87.2 Å². The van der Waals surface area contributed by atoms with Crippen LogP contribution in [0.25, 0.3) is 0 Å². The maximum atomic E-state index is 13.7. The zero-order valence-corrected chi connectivity index (χ0v) is 54.5. The highest BCUT2D eigenvalue weighted by Gasteiger charge is 2.58. The number of aliphatic hydroxyl groups excluding tert-OH is 16. The number of rotatable bonds is 40. The molecule has 0 aromatic rings. The Bertz CT molecular complexity index is 2410. The van der Waals surface area contributed by atoms with E-state index in [2.05, 4.69) is 22.5 Å². The molecule has 43 nitrogen and oxygen atoms in total. The van der Waals surface area contributed by atoms with Gasteiger partial charge in [0.05, 0.1) is 59.5 Å². The van der Waals surface area contributed by atoms with Gasteiger partial charge in [-0.05, 0) is 18.6 Å². The molecule has 0 radical (unpaired) electrons. The van der Waals surface area contributed by atoms with Crippen LogP contribution in [0.5, 0.6) is 0 Å². The summed E-state index contributed by atoms with van der Waals surface area (Å²) in [4.78, 5) is 44.3. The number of carbonyl (C=O) groups excluding carboxylic acids is 1. The number of amides is 1. The summed E-state index contributed by atoms with van der Waals surface area (Å²) in [5, 5.41) is 178. The van der Waals surface area contributed by atoms with Crippen LogP contribution in [0, 0.1) is 0 Å². The van der Waals surface area contributed by atoms with E-state index in [1.54, 1.807) is 0 Å². The average Bonchev–Trinajstić information content (AvgIpc) is 0.789. The van der Waals surface area contributed by atoms with Crippen LogP contribution in [0.15, 0.2) is 0 Å². The summed E-state index contributed by atoms with van der Waals surface area (Å²) in [6.07, 6.45) is -58.5. The van der Waals surface area contributed by atoms with Crippen molar-refractivity contribution in [2.75, 3.05) is 84.8 Å². The third-order valence-corrected chi connectivity index (χ3v) is 18.6. The van der Waals surface area contributed by atoms with Crippen molar-refractivity contribution < 1.29 is 189 Å². The fourth-order valence-electron chi connectivity index (χ4n) is 10.3. The number of hydrogen-bond donors (Lipinski definition) is 24. The van der Waals surface area contributed by atoms with Crippen molar-refractivity contribution in [3.05, 3.63) is 0 Å². The van der Waals surface area contributed by atoms with Crippen LogP contribution in [0.2, 0.25) is 0 Å². The van der Waals surface area contributed by atoms with Crippen LogP contribution >= 0.6 is 36.1 Å². The summed E-state index contributed by atoms with van der Waals surface area (Å²) < 4.78 is 128. The molecule has 1 aliphatic carbocycles. The topological polar surface area (TPSA) is 690 Å². The Morgan fingerprint density at radius 2 is 0.979 bits per heavy atom. The van der Waals surface area contributed by atoms with Crippen LogP contribution in [-0.2, 0) is 93.0 Å². The first-order valence-electron chi connectivity index (χ1n) is 29.8. The molecule has 0 bridgehead atoms. The Balaban J connectivity index is 1.54. The summed E-state index contributed by atoms with van der Waals surface area (Å²) in [5.41, 5.74) is 16.8. The van der Waals surface area contributed by atoms with Gasteiger partial charge in [-0.15, -0.1) is 0 Å². The maximum Gasteiger partial charge on any atom is 0.472 e. The van der Waals surface area contributed by atoms with E-state index in [1.807, 2.05) is 0 Å². The summed E-state index contributed by atoms with van der Waals surface area (Å²) in [6.45, 7) is -9.02. The van der Waals surface area contributed by atoms with Gasteiger partial charge in [-0.3, -0.25) is 31.9 Å². The van der Waals surface area contributed by atoms with E-state index in [0.29, 0.717) is 18.6 Å². The van der Waals surface area contributed by atoms with Gasteiger partial charge in [0, 0.05) is 26.6 Å². The summed E-state index contributed by atoms with van der Waals surface area (Å²) >= 11 is 4.12. The highest BCUT2D eigenvalue weighted by atomic mass is 32.1. The quantitative estimate of drug-likeness (QED) is 0.0117. The number of phosphoric ester groups is 3. The van der Waals surface area contributed by atoms with Gasteiger partial charge >= 0.3 is 23.5 Å². The van der Waals surface area contributed by atoms with E-state index in [1.165, 1.54) is 0 Å². The summed E-state index contributed by atoms with van der Waals surface area (Å²) in [7, 11) is -15.7. The molecule has 4 aliphatic heterocycles. The normalized spacial score (nSPS) is 40.1. The minimum atomic E-state index is -5.54. The minimum absolute atomic E-state index is 0.234. The second kappa shape index (κ2) is 39.6. The third kappa shape index (κ3) is 23.5. The molecular formula is C48H93N4O39P3S. The van der Waals surface area contributed by atoms with Crippen LogP contribution in [-0.4, -0.2) is 365 Å². The van der Waals surface area contributed by atoms with Crippen molar-refractivity contribution >= 4 is 42.0 Å². The predicted octanol–water partition coefficient (Wildman–Crippen LogP) is -11.5. The fraction of sp³-hybridized carbons (Fsp3) is 0.979. The van der Waals surface area contributed by atoms with Crippen molar-refractivity contribution in [2.24, 2.45) is 17.2 Å². The number of ether oxygens (including phenoxy) is 10. The van der Waals surface area contributed by atoms with E-state index in [9.17, 15) is 115 Å². The number of nitrogens with one attached hydrogen (secondary N) is 1. The average molecular weight is 1480 g/mol. The lowest BCUT2D eigenvalue weighted by Gasteiger charge is -2.49. The van der Waals surface area contributed by atoms with Crippen LogP contribution in [0.4, 0.5) is 0 Å². The van der Waals surface area contributed by atoms with Gasteiger partial charge in [0.1, 0.15) is 146 Å². The van der Waals surface area contributed by atoms with Crippen LogP contribution in [0.3, 0.4) is 0 Å². The SMILES string of the molecule is CC(=O)N[C@H]1C(O)[C@@H](O)C(CO)O[C@H]1O[C@@H]1C(CO[C@H]2OC(CO)[C@@H](O)[C@H](O)C2O[C@H]2OC(COP(=O)(O)OCCN)[C@@H](O)[C@H](O)C2O)O[C@H](O[C@@H](CO)C(CO)O[C@@H](CN)O[C@@H]2C(O)C(O)[C@@H](O)[C@H](O)C2OP(=O)(O)OCCCCCCS)C(OP(=O)(O)OCCN)[C@H]1O. The largest absolute Gasteiger partial charge is 0.472 e. The van der Waals surface area contributed by atoms with Gasteiger partial charge in [-0.1, -0.05) is 12.8 Å². The molecule has 26 N–H and O–H groups in total. The third-order valence-electron chi connectivity index (χ3n) is 15.3. The number of carbonyl (C=O) groups is 1. The number of thiol groups is 1. The number of aliphatic hydroxyl groups is 16. The zero-order valence-electron chi connectivity index (χ0n) is 50.9. The fourth-order valence-corrected chi connectivity index (χ4v) is 13.2. The molecule has 1 saturated carbocycles. The first-order valence-corrected chi connectivity index (χ1v) is 34.9. The molecule has 4 heterocycles. The second-order valence-corrected chi connectivity index (χ2v) is 26.9.